The molecule has 0 heterocycles. The number of carbonyl (C=O) groups excluding carboxylic acids is 2. The average Bonchev–Trinajstić information content (AvgIpc) is 3.48. The quantitative estimate of drug-likeness (QED) is 0.225. The van der Waals surface area contributed by atoms with Crippen molar-refractivity contribution in [3.8, 4) is 0 Å². The molecule has 1 atom stereocenters. The Bertz CT molecular complexity index is 1580. The van der Waals surface area contributed by atoms with Gasteiger partial charge in [-0.05, 0) is 68.1 Å². The second kappa shape index (κ2) is 14.5. The predicted octanol–water partition coefficient (Wildman–Crippen LogP) is 7.67. The molecule has 0 spiro atoms. The van der Waals surface area contributed by atoms with E-state index in [1.54, 1.807) is 36.4 Å². The van der Waals surface area contributed by atoms with Crippen LogP contribution in [0.1, 0.15) is 50.2 Å². The molecule has 1 fully saturated rings. The number of anilines is 1. The molecule has 12 heteroatoms. The summed E-state index contributed by atoms with van der Waals surface area (Å²) in [5.41, 5.74) is 1.54. The van der Waals surface area contributed by atoms with Crippen LogP contribution in [-0.2, 0) is 26.2 Å². The van der Waals surface area contributed by atoms with Crippen molar-refractivity contribution in [2.45, 2.75) is 69.5 Å². The first-order valence-corrected chi connectivity index (χ1v) is 16.9. The van der Waals surface area contributed by atoms with Crippen LogP contribution in [-0.4, -0.2) is 43.8 Å². The maximum atomic E-state index is 14.3. The Kier molecular flexibility index (Phi) is 11.3. The first-order chi connectivity index (χ1) is 20.4. The zero-order chi connectivity index (χ0) is 31.3. The van der Waals surface area contributed by atoms with Gasteiger partial charge in [0.25, 0.3) is 10.0 Å². The normalized spacial score (nSPS) is 14.4. The number of nitrogens with zero attached hydrogens (tertiary/aromatic N) is 2. The Morgan fingerprint density at radius 3 is 2.23 bits per heavy atom. The van der Waals surface area contributed by atoms with E-state index < -0.39 is 28.5 Å². The average molecular weight is 686 g/mol. The molecule has 0 bridgehead atoms. The highest BCUT2D eigenvalue weighted by molar-refractivity contribution is 7.92. The number of sulfonamides is 1. The van der Waals surface area contributed by atoms with E-state index in [0.717, 1.165) is 35.6 Å². The van der Waals surface area contributed by atoms with Gasteiger partial charge in [0.2, 0.25) is 11.8 Å². The maximum Gasteiger partial charge on any atom is 0.264 e. The second-order valence-corrected chi connectivity index (χ2v) is 14.0. The number of hydrogen-bond acceptors (Lipinski definition) is 4. The molecule has 1 saturated carbocycles. The van der Waals surface area contributed by atoms with Gasteiger partial charge in [0.05, 0.1) is 30.7 Å². The Labute approximate surface area is 273 Å². The Hall–Kier alpha value is -2.49. The molecular formula is C31H33Cl4N3O4S. The fraction of sp³-hybridized carbons (Fsp3) is 0.355. The zero-order valence-electron chi connectivity index (χ0n) is 23.8. The molecule has 1 aliphatic carbocycles. The summed E-state index contributed by atoms with van der Waals surface area (Å²) < 4.78 is 29.0. The number of benzene rings is 3. The molecule has 0 aliphatic heterocycles. The van der Waals surface area contributed by atoms with Gasteiger partial charge in [0.15, 0.2) is 0 Å². The molecule has 0 saturated heterocycles. The van der Waals surface area contributed by atoms with Crippen LogP contribution in [0.5, 0.6) is 0 Å². The third-order valence-electron chi connectivity index (χ3n) is 7.51. The van der Waals surface area contributed by atoms with E-state index in [0.29, 0.717) is 22.0 Å². The van der Waals surface area contributed by atoms with Gasteiger partial charge in [-0.3, -0.25) is 13.9 Å². The maximum absolute atomic E-state index is 14.3. The van der Waals surface area contributed by atoms with Crippen LogP contribution < -0.4 is 9.62 Å². The summed E-state index contributed by atoms with van der Waals surface area (Å²) in [6.45, 7) is 3.01. The Balaban J connectivity index is 1.76. The van der Waals surface area contributed by atoms with Gasteiger partial charge >= 0.3 is 0 Å². The third kappa shape index (κ3) is 7.97. The van der Waals surface area contributed by atoms with Crippen LogP contribution in [0.25, 0.3) is 0 Å². The van der Waals surface area contributed by atoms with Crippen molar-refractivity contribution in [2.24, 2.45) is 0 Å². The molecule has 4 rings (SSSR count). The van der Waals surface area contributed by atoms with Gasteiger partial charge in [-0.1, -0.05) is 96.0 Å². The Morgan fingerprint density at radius 1 is 0.930 bits per heavy atom. The summed E-state index contributed by atoms with van der Waals surface area (Å²) in [5.74, 6) is -0.900. The topological polar surface area (TPSA) is 86.8 Å². The number of aryl methyl sites for hydroxylation is 1. The minimum absolute atomic E-state index is 0.00594. The Morgan fingerprint density at radius 2 is 1.60 bits per heavy atom. The van der Waals surface area contributed by atoms with Gasteiger partial charge in [-0.15, -0.1) is 0 Å². The number of halogens is 4. The van der Waals surface area contributed by atoms with Crippen molar-refractivity contribution >= 4 is 73.9 Å². The first kappa shape index (κ1) is 33.4. The highest BCUT2D eigenvalue weighted by atomic mass is 35.5. The molecule has 0 radical (unpaired) electrons. The first-order valence-electron chi connectivity index (χ1n) is 14.0. The molecule has 3 aromatic rings. The fourth-order valence-corrected chi connectivity index (χ4v) is 7.35. The zero-order valence-corrected chi connectivity index (χ0v) is 27.7. The summed E-state index contributed by atoms with van der Waals surface area (Å²) in [7, 11) is -4.29. The molecule has 0 aromatic heterocycles. The molecule has 230 valence electrons. The minimum atomic E-state index is -4.29. The molecule has 43 heavy (non-hydrogen) atoms. The molecule has 2 amide bonds. The molecule has 3 aromatic carbocycles. The fourth-order valence-electron chi connectivity index (χ4n) is 5.16. The minimum Gasteiger partial charge on any atom is -0.352 e. The highest BCUT2D eigenvalue weighted by Gasteiger charge is 2.35. The van der Waals surface area contributed by atoms with Crippen molar-refractivity contribution in [3.63, 3.8) is 0 Å². The van der Waals surface area contributed by atoms with Gasteiger partial charge in [-0.25, -0.2) is 8.42 Å². The number of nitrogens with one attached hydrogen (secondary N) is 1. The summed E-state index contributed by atoms with van der Waals surface area (Å²) in [5, 5.41) is 3.84. The molecule has 1 N–H and O–H groups in total. The van der Waals surface area contributed by atoms with E-state index in [1.807, 2.05) is 13.8 Å². The lowest BCUT2D eigenvalue weighted by Crippen LogP contribution is -2.53. The van der Waals surface area contributed by atoms with E-state index in [4.69, 9.17) is 46.4 Å². The summed E-state index contributed by atoms with van der Waals surface area (Å²) in [4.78, 5) is 29.2. The molecule has 7 nitrogen and oxygen atoms in total. The number of hydrogen-bond donors (Lipinski definition) is 1. The highest BCUT2D eigenvalue weighted by Crippen LogP contribution is 2.36. The monoisotopic (exact) mass is 683 g/mol. The number of rotatable bonds is 11. The van der Waals surface area contributed by atoms with Crippen molar-refractivity contribution in [3.05, 3.63) is 91.9 Å². The van der Waals surface area contributed by atoms with Crippen molar-refractivity contribution in [1.82, 2.24) is 10.2 Å². The summed E-state index contributed by atoms with van der Waals surface area (Å²) in [6, 6.07) is 15.0. The lowest BCUT2D eigenvalue weighted by molar-refractivity contribution is -0.140. The van der Waals surface area contributed by atoms with Gasteiger partial charge in [0, 0.05) is 12.6 Å². The largest absolute Gasteiger partial charge is 0.352 e. The summed E-state index contributed by atoms with van der Waals surface area (Å²) in [6.07, 6.45) is 4.10. The van der Waals surface area contributed by atoms with E-state index in [1.165, 1.54) is 29.2 Å². The number of amides is 2. The van der Waals surface area contributed by atoms with Crippen molar-refractivity contribution in [2.75, 3.05) is 10.8 Å². The van der Waals surface area contributed by atoms with Crippen LogP contribution in [0, 0.1) is 6.92 Å². The molecular weight excluding hydrogens is 652 g/mol. The lowest BCUT2D eigenvalue weighted by atomic mass is 10.1. The number of carbonyl (C=O) groups is 2. The SMILES string of the molecule is CCC(C(=O)NC1CCCC1)N(Cc1ccc(Cl)c(Cl)c1)C(=O)CN(c1cccc(Cl)c1Cl)S(=O)(=O)c1ccc(C)cc1. The van der Waals surface area contributed by atoms with E-state index in [9.17, 15) is 18.0 Å². The van der Waals surface area contributed by atoms with Crippen LogP contribution in [0.3, 0.4) is 0 Å². The molecule has 1 unspecified atom stereocenters. The van der Waals surface area contributed by atoms with Gasteiger partial charge < -0.3 is 10.2 Å². The summed E-state index contributed by atoms with van der Waals surface area (Å²) >= 11 is 25.2. The van der Waals surface area contributed by atoms with Crippen LogP contribution in [0.4, 0.5) is 5.69 Å². The van der Waals surface area contributed by atoms with Crippen molar-refractivity contribution < 1.29 is 18.0 Å². The lowest BCUT2D eigenvalue weighted by Gasteiger charge is -2.34. The smallest absolute Gasteiger partial charge is 0.264 e. The van der Waals surface area contributed by atoms with Gasteiger partial charge in [-0.2, -0.15) is 0 Å². The predicted molar refractivity (Wildman–Crippen MR) is 174 cm³/mol. The second-order valence-electron chi connectivity index (χ2n) is 10.6. The van der Waals surface area contributed by atoms with E-state index >= 15 is 0 Å². The third-order valence-corrected chi connectivity index (χ3v) is 10.8. The standard InChI is InChI=1S/C31H33Cl4N3O4S/c1-3-27(31(40)36-22-7-4-5-8-22)37(18-21-13-16-24(32)26(34)17-21)29(39)19-38(28-10-6-9-25(33)30(28)35)43(41,42)23-14-11-20(2)12-15-23/h6,9-17,22,27H,3-5,7-8,18-19H2,1-2H3,(H,36,40). The van der Waals surface area contributed by atoms with Crippen LogP contribution in [0.2, 0.25) is 20.1 Å². The van der Waals surface area contributed by atoms with Crippen LogP contribution in [0.15, 0.2) is 65.6 Å². The van der Waals surface area contributed by atoms with E-state index in [2.05, 4.69) is 5.32 Å². The molecule has 1 aliphatic rings. The van der Waals surface area contributed by atoms with Gasteiger partial charge in [0.1, 0.15) is 12.6 Å². The van der Waals surface area contributed by atoms with E-state index in [-0.39, 0.29) is 39.1 Å². The van der Waals surface area contributed by atoms with Crippen molar-refractivity contribution in [1.29, 1.82) is 0 Å². The van der Waals surface area contributed by atoms with Crippen LogP contribution >= 0.6 is 46.4 Å².